The summed E-state index contributed by atoms with van der Waals surface area (Å²) in [4.78, 5) is 20.9. The summed E-state index contributed by atoms with van der Waals surface area (Å²) in [5, 5.41) is 19.6. The number of carboxylic acids is 1. The van der Waals surface area contributed by atoms with Crippen LogP contribution in [0.4, 0.5) is 5.69 Å². The number of carbonyl (C=O) groups is 1. The molecule has 0 aliphatic carbocycles. The number of aliphatic carboxylic acids is 1. The highest BCUT2D eigenvalue weighted by Crippen LogP contribution is 2.29. The maximum Gasteiger partial charge on any atom is 0.308 e. The first-order chi connectivity index (χ1) is 9.73. The molecular weight excluding hydrogens is 300 g/mol. The van der Waals surface area contributed by atoms with Crippen LogP contribution in [0.25, 0.3) is 0 Å². The van der Waals surface area contributed by atoms with Crippen LogP contribution in [0.5, 0.6) is 0 Å². The maximum absolute atomic E-state index is 12.4. The standard InChI is InChI=1S/C12H14N2O6S/c1-8-6-13(7-11(8)12(15)16)21(19,20)10-4-2-9(3-5-10)14(17)18/h2-5,8,11H,6-7H2,1H3,(H,15,16). The SMILES string of the molecule is CC1CN(S(=O)(=O)c2ccc([N+](=O)[O-])cc2)CC1C(=O)O. The van der Waals surface area contributed by atoms with Gasteiger partial charge >= 0.3 is 5.97 Å². The van der Waals surface area contributed by atoms with Crippen molar-refractivity contribution < 1.29 is 23.2 Å². The van der Waals surface area contributed by atoms with Crippen molar-refractivity contribution in [2.24, 2.45) is 11.8 Å². The lowest BCUT2D eigenvalue weighted by atomic mass is 9.99. The highest BCUT2D eigenvalue weighted by atomic mass is 32.2. The normalized spacial score (nSPS) is 23.1. The molecule has 114 valence electrons. The fourth-order valence-corrected chi connectivity index (χ4v) is 3.90. The maximum atomic E-state index is 12.4. The Morgan fingerprint density at radius 3 is 2.33 bits per heavy atom. The third-order valence-electron chi connectivity index (χ3n) is 3.58. The van der Waals surface area contributed by atoms with Gasteiger partial charge in [0.1, 0.15) is 0 Å². The van der Waals surface area contributed by atoms with E-state index in [4.69, 9.17) is 5.11 Å². The topological polar surface area (TPSA) is 118 Å². The van der Waals surface area contributed by atoms with E-state index in [1.165, 1.54) is 0 Å². The Bertz CT molecular complexity index is 669. The first-order valence-electron chi connectivity index (χ1n) is 6.21. The van der Waals surface area contributed by atoms with E-state index in [2.05, 4.69) is 0 Å². The molecule has 0 amide bonds. The fraction of sp³-hybridized carbons (Fsp3) is 0.417. The minimum Gasteiger partial charge on any atom is -0.481 e. The third kappa shape index (κ3) is 2.88. The lowest BCUT2D eigenvalue weighted by Gasteiger charge is -2.15. The average Bonchev–Trinajstić information content (AvgIpc) is 2.82. The van der Waals surface area contributed by atoms with Gasteiger partial charge in [0.15, 0.2) is 0 Å². The number of rotatable bonds is 4. The minimum atomic E-state index is -3.83. The van der Waals surface area contributed by atoms with Gasteiger partial charge in [0.25, 0.3) is 5.69 Å². The van der Waals surface area contributed by atoms with Crippen LogP contribution in [-0.2, 0) is 14.8 Å². The fourth-order valence-electron chi connectivity index (χ4n) is 2.33. The molecule has 1 aliphatic heterocycles. The summed E-state index contributed by atoms with van der Waals surface area (Å²) in [7, 11) is -3.83. The second kappa shape index (κ2) is 5.41. The summed E-state index contributed by atoms with van der Waals surface area (Å²) >= 11 is 0. The van der Waals surface area contributed by atoms with E-state index in [9.17, 15) is 23.3 Å². The van der Waals surface area contributed by atoms with Crippen molar-refractivity contribution >= 4 is 21.7 Å². The van der Waals surface area contributed by atoms with E-state index >= 15 is 0 Å². The van der Waals surface area contributed by atoms with Crippen molar-refractivity contribution in [1.29, 1.82) is 0 Å². The average molecular weight is 314 g/mol. The number of hydrogen-bond donors (Lipinski definition) is 1. The lowest BCUT2D eigenvalue weighted by Crippen LogP contribution is -2.30. The Kier molecular flexibility index (Phi) is 3.97. The molecule has 2 atom stereocenters. The first-order valence-corrected chi connectivity index (χ1v) is 7.65. The number of benzene rings is 1. The van der Waals surface area contributed by atoms with E-state index in [1.54, 1.807) is 6.92 Å². The van der Waals surface area contributed by atoms with Gasteiger partial charge in [-0.1, -0.05) is 6.92 Å². The van der Waals surface area contributed by atoms with Crippen molar-refractivity contribution in [3.8, 4) is 0 Å². The van der Waals surface area contributed by atoms with Gasteiger partial charge in [-0.3, -0.25) is 14.9 Å². The number of carboxylic acid groups (broad SMARTS) is 1. The Hall–Kier alpha value is -2.00. The molecule has 0 bridgehead atoms. The smallest absolute Gasteiger partial charge is 0.308 e. The summed E-state index contributed by atoms with van der Waals surface area (Å²) in [5.74, 6) is -2.04. The molecule has 0 spiro atoms. The van der Waals surface area contributed by atoms with Gasteiger partial charge in [0.2, 0.25) is 10.0 Å². The quantitative estimate of drug-likeness (QED) is 0.652. The van der Waals surface area contributed by atoms with Crippen LogP contribution in [0.15, 0.2) is 29.2 Å². The molecule has 1 saturated heterocycles. The van der Waals surface area contributed by atoms with Gasteiger partial charge < -0.3 is 5.11 Å². The molecule has 21 heavy (non-hydrogen) atoms. The third-order valence-corrected chi connectivity index (χ3v) is 5.43. The molecule has 1 aromatic carbocycles. The number of sulfonamides is 1. The van der Waals surface area contributed by atoms with Gasteiger partial charge in [0, 0.05) is 25.2 Å². The summed E-state index contributed by atoms with van der Waals surface area (Å²) in [6.45, 7) is 1.72. The van der Waals surface area contributed by atoms with Crippen LogP contribution >= 0.6 is 0 Å². The molecule has 1 heterocycles. The van der Waals surface area contributed by atoms with Gasteiger partial charge in [-0.25, -0.2) is 8.42 Å². The molecule has 1 aromatic rings. The summed E-state index contributed by atoms with van der Waals surface area (Å²) in [6, 6.07) is 4.54. The predicted octanol–water partition coefficient (Wildman–Crippen LogP) is 0.936. The monoisotopic (exact) mass is 314 g/mol. The van der Waals surface area contributed by atoms with Crippen molar-refractivity contribution in [2.75, 3.05) is 13.1 Å². The number of hydrogen-bond acceptors (Lipinski definition) is 5. The van der Waals surface area contributed by atoms with Gasteiger partial charge in [-0.15, -0.1) is 0 Å². The molecule has 0 aromatic heterocycles. The van der Waals surface area contributed by atoms with Crippen molar-refractivity contribution in [3.05, 3.63) is 34.4 Å². The van der Waals surface area contributed by atoms with Gasteiger partial charge in [0.05, 0.1) is 15.7 Å². The Balaban J connectivity index is 2.27. The van der Waals surface area contributed by atoms with Crippen molar-refractivity contribution in [2.45, 2.75) is 11.8 Å². The number of nitro groups is 1. The largest absolute Gasteiger partial charge is 0.481 e. The molecule has 0 saturated carbocycles. The zero-order valence-corrected chi connectivity index (χ0v) is 12.0. The first kappa shape index (κ1) is 15.4. The predicted molar refractivity (Wildman–Crippen MR) is 72.1 cm³/mol. The summed E-state index contributed by atoms with van der Waals surface area (Å²) < 4.78 is 25.9. The zero-order valence-electron chi connectivity index (χ0n) is 11.2. The van der Waals surface area contributed by atoms with Gasteiger partial charge in [-0.2, -0.15) is 4.31 Å². The second-order valence-corrected chi connectivity index (χ2v) is 6.93. The van der Waals surface area contributed by atoms with Crippen LogP contribution in [0, 0.1) is 22.0 Å². The van der Waals surface area contributed by atoms with E-state index in [1.807, 2.05) is 0 Å². The highest BCUT2D eigenvalue weighted by Gasteiger charge is 2.40. The zero-order chi connectivity index (χ0) is 15.8. The molecule has 9 heteroatoms. The van der Waals surface area contributed by atoms with Crippen LogP contribution in [0.2, 0.25) is 0 Å². The molecule has 2 rings (SSSR count). The van der Waals surface area contributed by atoms with Crippen LogP contribution in [-0.4, -0.2) is 41.8 Å². The van der Waals surface area contributed by atoms with E-state index in [0.717, 1.165) is 28.6 Å². The lowest BCUT2D eigenvalue weighted by molar-refractivity contribution is -0.384. The molecule has 1 N–H and O–H groups in total. The Morgan fingerprint density at radius 2 is 1.90 bits per heavy atom. The highest BCUT2D eigenvalue weighted by molar-refractivity contribution is 7.89. The number of nitrogens with zero attached hydrogens (tertiary/aromatic N) is 2. The molecule has 1 fully saturated rings. The Labute approximate surface area is 121 Å². The number of nitro benzene ring substituents is 1. The molecule has 0 radical (unpaired) electrons. The van der Waals surface area contributed by atoms with E-state index in [-0.39, 0.29) is 29.6 Å². The summed E-state index contributed by atoms with van der Waals surface area (Å²) in [5.41, 5.74) is -0.202. The van der Waals surface area contributed by atoms with E-state index < -0.39 is 26.8 Å². The van der Waals surface area contributed by atoms with Gasteiger partial charge in [-0.05, 0) is 18.1 Å². The Morgan fingerprint density at radius 1 is 1.33 bits per heavy atom. The minimum absolute atomic E-state index is 0.0775. The molecular formula is C12H14N2O6S. The van der Waals surface area contributed by atoms with Crippen molar-refractivity contribution in [3.63, 3.8) is 0 Å². The van der Waals surface area contributed by atoms with Crippen LogP contribution in [0.3, 0.4) is 0 Å². The van der Waals surface area contributed by atoms with Crippen LogP contribution in [0.1, 0.15) is 6.92 Å². The second-order valence-electron chi connectivity index (χ2n) is 5.00. The molecule has 2 unspecified atom stereocenters. The summed E-state index contributed by atoms with van der Waals surface area (Å²) in [6.07, 6.45) is 0. The van der Waals surface area contributed by atoms with Crippen LogP contribution < -0.4 is 0 Å². The van der Waals surface area contributed by atoms with Crippen molar-refractivity contribution in [1.82, 2.24) is 4.31 Å². The molecule has 8 nitrogen and oxygen atoms in total. The number of non-ortho nitro benzene ring substituents is 1. The van der Waals surface area contributed by atoms with E-state index in [0.29, 0.717) is 0 Å². The molecule has 1 aliphatic rings.